The van der Waals surface area contributed by atoms with Crippen molar-refractivity contribution in [3.8, 4) is 11.1 Å². The molecule has 2 rings (SSSR count). The summed E-state index contributed by atoms with van der Waals surface area (Å²) in [6.45, 7) is 3.36. The molecule has 18 heavy (non-hydrogen) atoms. The predicted octanol–water partition coefficient (Wildman–Crippen LogP) is 4.02. The number of hydrogen-bond acceptors (Lipinski definition) is 1. The summed E-state index contributed by atoms with van der Waals surface area (Å²) in [5.74, 6) is 0.574. The minimum absolute atomic E-state index is 0.574. The second-order valence-electron chi connectivity index (χ2n) is 5.15. The molecule has 2 aromatic rings. The maximum Gasteiger partial charge on any atom is 0.00415 e. The highest BCUT2D eigenvalue weighted by molar-refractivity contribution is 5.63. The lowest BCUT2D eigenvalue weighted by molar-refractivity contribution is 0.383. The van der Waals surface area contributed by atoms with Crippen LogP contribution in [0.1, 0.15) is 18.4 Å². The normalized spacial score (nSPS) is 12.7. The van der Waals surface area contributed by atoms with E-state index in [1.54, 1.807) is 0 Å². The van der Waals surface area contributed by atoms with Crippen LogP contribution in [0, 0.1) is 0 Å². The zero-order valence-electron chi connectivity index (χ0n) is 11.4. The van der Waals surface area contributed by atoms with Crippen LogP contribution in [0.2, 0.25) is 0 Å². The Morgan fingerprint density at radius 2 is 1.39 bits per heavy atom. The van der Waals surface area contributed by atoms with E-state index in [4.69, 9.17) is 0 Å². The maximum absolute atomic E-state index is 2.28. The van der Waals surface area contributed by atoms with E-state index < -0.39 is 0 Å². The molecular weight excluding hydrogens is 218 g/mol. The van der Waals surface area contributed by atoms with Gasteiger partial charge in [-0.2, -0.15) is 0 Å². The van der Waals surface area contributed by atoms with Crippen molar-refractivity contribution in [2.45, 2.75) is 12.8 Å². The molecule has 94 valence electrons. The fourth-order valence-electron chi connectivity index (χ4n) is 2.29. The highest BCUT2D eigenvalue weighted by Crippen LogP contribution is 2.22. The Morgan fingerprint density at radius 1 is 0.833 bits per heavy atom. The first kappa shape index (κ1) is 12.8. The van der Waals surface area contributed by atoms with Crippen molar-refractivity contribution in [1.29, 1.82) is 0 Å². The third-order valence-corrected chi connectivity index (χ3v) is 3.23. The van der Waals surface area contributed by atoms with Gasteiger partial charge in [0.05, 0.1) is 0 Å². The molecule has 0 aromatic heterocycles. The molecule has 0 aliphatic heterocycles. The predicted molar refractivity (Wildman–Crippen MR) is 78.8 cm³/mol. The SMILES string of the molecule is C[C@H](CN(C)C)c1ccc(-c2ccccc2)cc1. The van der Waals surface area contributed by atoms with E-state index in [1.807, 2.05) is 0 Å². The molecule has 0 fully saturated rings. The first-order valence-corrected chi connectivity index (χ1v) is 6.47. The molecule has 1 atom stereocenters. The minimum Gasteiger partial charge on any atom is -0.309 e. The van der Waals surface area contributed by atoms with Gasteiger partial charge in [0.15, 0.2) is 0 Å². The van der Waals surface area contributed by atoms with Gasteiger partial charge in [0.1, 0.15) is 0 Å². The van der Waals surface area contributed by atoms with E-state index >= 15 is 0 Å². The highest BCUT2D eigenvalue weighted by Gasteiger charge is 2.06. The van der Waals surface area contributed by atoms with Crippen LogP contribution < -0.4 is 0 Å². The largest absolute Gasteiger partial charge is 0.309 e. The van der Waals surface area contributed by atoms with Crippen LogP contribution in [-0.4, -0.2) is 25.5 Å². The third kappa shape index (κ3) is 3.21. The van der Waals surface area contributed by atoms with Gasteiger partial charge < -0.3 is 4.90 Å². The van der Waals surface area contributed by atoms with Gasteiger partial charge in [0, 0.05) is 6.54 Å². The van der Waals surface area contributed by atoms with E-state index in [-0.39, 0.29) is 0 Å². The van der Waals surface area contributed by atoms with Crippen molar-refractivity contribution in [2.24, 2.45) is 0 Å². The van der Waals surface area contributed by atoms with Gasteiger partial charge in [-0.3, -0.25) is 0 Å². The monoisotopic (exact) mass is 239 g/mol. The van der Waals surface area contributed by atoms with Crippen LogP contribution in [0.3, 0.4) is 0 Å². The molecule has 0 aliphatic rings. The van der Waals surface area contributed by atoms with Gasteiger partial charge in [-0.05, 0) is 36.7 Å². The Balaban J connectivity index is 2.15. The first-order chi connectivity index (χ1) is 8.66. The summed E-state index contributed by atoms with van der Waals surface area (Å²) in [4.78, 5) is 2.23. The lowest BCUT2D eigenvalue weighted by Gasteiger charge is -2.17. The second-order valence-corrected chi connectivity index (χ2v) is 5.15. The summed E-state index contributed by atoms with van der Waals surface area (Å²) >= 11 is 0. The Bertz CT molecular complexity index is 471. The molecule has 1 heteroatoms. The molecule has 0 N–H and O–H groups in total. The molecule has 0 unspecified atom stereocenters. The summed E-state index contributed by atoms with van der Waals surface area (Å²) in [7, 11) is 4.24. The summed E-state index contributed by atoms with van der Waals surface area (Å²) in [6, 6.07) is 19.4. The summed E-state index contributed by atoms with van der Waals surface area (Å²) in [5.41, 5.74) is 3.98. The van der Waals surface area contributed by atoms with Gasteiger partial charge in [-0.15, -0.1) is 0 Å². The van der Waals surface area contributed by atoms with Gasteiger partial charge in [-0.25, -0.2) is 0 Å². The summed E-state index contributed by atoms with van der Waals surface area (Å²) in [6.07, 6.45) is 0. The Hall–Kier alpha value is -1.60. The topological polar surface area (TPSA) is 3.24 Å². The van der Waals surface area contributed by atoms with Crippen molar-refractivity contribution in [3.63, 3.8) is 0 Å². The smallest absolute Gasteiger partial charge is 0.00415 e. The van der Waals surface area contributed by atoms with Gasteiger partial charge >= 0.3 is 0 Å². The molecule has 0 aliphatic carbocycles. The van der Waals surface area contributed by atoms with Crippen LogP contribution in [0.4, 0.5) is 0 Å². The van der Waals surface area contributed by atoms with Crippen molar-refractivity contribution in [3.05, 3.63) is 60.2 Å². The highest BCUT2D eigenvalue weighted by atomic mass is 15.1. The van der Waals surface area contributed by atoms with Gasteiger partial charge in [-0.1, -0.05) is 61.5 Å². The Morgan fingerprint density at radius 3 is 1.94 bits per heavy atom. The van der Waals surface area contributed by atoms with Crippen LogP contribution in [0.5, 0.6) is 0 Å². The molecule has 0 spiro atoms. The van der Waals surface area contributed by atoms with E-state index in [0.717, 1.165) is 6.54 Å². The first-order valence-electron chi connectivity index (χ1n) is 6.47. The average molecular weight is 239 g/mol. The third-order valence-electron chi connectivity index (χ3n) is 3.23. The standard InChI is InChI=1S/C17H21N/c1-14(13-18(2)3)15-9-11-17(12-10-15)16-7-5-4-6-8-16/h4-12,14H,13H2,1-3H3/t14-/m1/s1. The quantitative estimate of drug-likeness (QED) is 0.779. The zero-order valence-corrected chi connectivity index (χ0v) is 11.4. The minimum atomic E-state index is 0.574. The van der Waals surface area contributed by atoms with E-state index in [0.29, 0.717) is 5.92 Å². The average Bonchev–Trinajstić information content (AvgIpc) is 2.39. The van der Waals surface area contributed by atoms with Crippen molar-refractivity contribution < 1.29 is 0 Å². The molecule has 2 aromatic carbocycles. The molecule has 0 heterocycles. The van der Waals surface area contributed by atoms with Crippen LogP contribution in [0.15, 0.2) is 54.6 Å². The molecule has 0 amide bonds. The molecule has 0 saturated heterocycles. The number of rotatable bonds is 4. The number of hydrogen-bond donors (Lipinski definition) is 0. The number of nitrogens with zero attached hydrogens (tertiary/aromatic N) is 1. The van der Waals surface area contributed by atoms with E-state index in [9.17, 15) is 0 Å². The van der Waals surface area contributed by atoms with Crippen LogP contribution in [-0.2, 0) is 0 Å². The molecule has 0 radical (unpaired) electrons. The lowest BCUT2D eigenvalue weighted by Crippen LogP contribution is -2.18. The van der Waals surface area contributed by atoms with Crippen LogP contribution >= 0.6 is 0 Å². The fourth-order valence-corrected chi connectivity index (χ4v) is 2.29. The van der Waals surface area contributed by atoms with Crippen LogP contribution in [0.25, 0.3) is 11.1 Å². The van der Waals surface area contributed by atoms with Crippen molar-refractivity contribution in [2.75, 3.05) is 20.6 Å². The van der Waals surface area contributed by atoms with Crippen molar-refractivity contribution in [1.82, 2.24) is 4.90 Å². The molecular formula is C17H21N. The van der Waals surface area contributed by atoms with Gasteiger partial charge in [0.2, 0.25) is 0 Å². The van der Waals surface area contributed by atoms with E-state index in [2.05, 4.69) is 80.5 Å². The zero-order chi connectivity index (χ0) is 13.0. The fraction of sp³-hybridized carbons (Fsp3) is 0.294. The summed E-state index contributed by atoms with van der Waals surface area (Å²) in [5, 5.41) is 0. The second kappa shape index (κ2) is 5.83. The molecule has 1 nitrogen and oxygen atoms in total. The number of benzene rings is 2. The number of likely N-dealkylation sites (N-methyl/N-ethyl adjacent to an activating group) is 1. The maximum atomic E-state index is 2.28. The molecule has 0 saturated carbocycles. The van der Waals surface area contributed by atoms with Crippen molar-refractivity contribution >= 4 is 0 Å². The Labute approximate surface area is 110 Å². The lowest BCUT2D eigenvalue weighted by atomic mass is 9.97. The van der Waals surface area contributed by atoms with E-state index in [1.165, 1.54) is 16.7 Å². The summed E-state index contributed by atoms with van der Waals surface area (Å²) < 4.78 is 0. The Kier molecular flexibility index (Phi) is 4.16. The molecule has 0 bridgehead atoms. The van der Waals surface area contributed by atoms with Gasteiger partial charge in [0.25, 0.3) is 0 Å².